The molecule has 0 spiro atoms. The van der Waals surface area contributed by atoms with Crippen molar-refractivity contribution in [1.82, 2.24) is 4.72 Å². The third-order valence-corrected chi connectivity index (χ3v) is 4.44. The average molecular weight is 367 g/mol. The van der Waals surface area contributed by atoms with Crippen LogP contribution in [0.3, 0.4) is 0 Å². The molecule has 0 aliphatic carbocycles. The summed E-state index contributed by atoms with van der Waals surface area (Å²) in [6.07, 6.45) is 0. The fourth-order valence-corrected chi connectivity index (χ4v) is 2.75. The minimum Gasteiger partial charge on any atom is -0.494 e. The van der Waals surface area contributed by atoms with E-state index in [-0.39, 0.29) is 29.5 Å². The van der Waals surface area contributed by atoms with Crippen LogP contribution in [0.4, 0.5) is 8.78 Å². The van der Waals surface area contributed by atoms with Gasteiger partial charge in [-0.15, -0.1) is 0 Å². The number of rotatable bonds is 6. The number of ether oxygens (including phenoxy) is 2. The topological polar surface area (TPSA) is 64.6 Å². The SMILES string of the molecule is COc1ccc(S(=O)(=O)NCC#CCOc2ccccc2F)cc1F. The van der Waals surface area contributed by atoms with Crippen LogP contribution in [0.15, 0.2) is 47.4 Å². The summed E-state index contributed by atoms with van der Waals surface area (Å²) < 4.78 is 62.9. The van der Waals surface area contributed by atoms with Gasteiger partial charge in [0.25, 0.3) is 0 Å². The number of sulfonamides is 1. The smallest absolute Gasteiger partial charge is 0.241 e. The Labute approximate surface area is 144 Å². The van der Waals surface area contributed by atoms with Crippen molar-refractivity contribution in [3.05, 3.63) is 54.1 Å². The number of nitrogens with one attached hydrogen (secondary N) is 1. The molecule has 0 atom stereocenters. The lowest BCUT2D eigenvalue weighted by Crippen LogP contribution is -2.24. The number of hydrogen-bond donors (Lipinski definition) is 1. The van der Waals surface area contributed by atoms with Crippen molar-refractivity contribution in [2.24, 2.45) is 0 Å². The molecule has 2 aromatic carbocycles. The molecule has 5 nitrogen and oxygen atoms in total. The first kappa shape index (κ1) is 18.7. The molecule has 0 radical (unpaired) electrons. The Bertz CT molecular complexity index is 904. The Balaban J connectivity index is 1.89. The van der Waals surface area contributed by atoms with Gasteiger partial charge in [-0.2, -0.15) is 4.72 Å². The van der Waals surface area contributed by atoms with E-state index in [2.05, 4.69) is 16.6 Å². The fraction of sp³-hybridized carbons (Fsp3) is 0.176. The number of halogens is 2. The van der Waals surface area contributed by atoms with Crippen molar-refractivity contribution in [3.8, 4) is 23.3 Å². The van der Waals surface area contributed by atoms with Crippen LogP contribution < -0.4 is 14.2 Å². The summed E-state index contributed by atoms with van der Waals surface area (Å²) in [6.45, 7) is -0.295. The molecule has 0 aliphatic heterocycles. The van der Waals surface area contributed by atoms with Gasteiger partial charge in [0.2, 0.25) is 10.0 Å². The molecule has 0 heterocycles. The Kier molecular flexibility index (Phi) is 6.33. The van der Waals surface area contributed by atoms with Gasteiger partial charge in [0, 0.05) is 0 Å². The predicted molar refractivity (Wildman–Crippen MR) is 87.8 cm³/mol. The third kappa shape index (κ3) is 5.17. The lowest BCUT2D eigenvalue weighted by Gasteiger charge is -2.06. The summed E-state index contributed by atoms with van der Waals surface area (Å²) in [5, 5.41) is 0. The van der Waals surface area contributed by atoms with E-state index in [4.69, 9.17) is 9.47 Å². The second-order valence-corrected chi connectivity index (χ2v) is 6.46. The van der Waals surface area contributed by atoms with Gasteiger partial charge in [-0.1, -0.05) is 24.0 Å². The van der Waals surface area contributed by atoms with Crippen LogP contribution in [0.1, 0.15) is 0 Å². The van der Waals surface area contributed by atoms with Crippen molar-refractivity contribution < 1.29 is 26.7 Å². The molecular formula is C17H15F2NO4S. The molecule has 132 valence electrons. The highest BCUT2D eigenvalue weighted by Crippen LogP contribution is 2.20. The zero-order chi connectivity index (χ0) is 18.3. The molecule has 0 aromatic heterocycles. The third-order valence-electron chi connectivity index (χ3n) is 3.05. The molecule has 25 heavy (non-hydrogen) atoms. The molecule has 0 saturated heterocycles. The maximum Gasteiger partial charge on any atom is 0.241 e. The van der Waals surface area contributed by atoms with Gasteiger partial charge in [0.15, 0.2) is 23.1 Å². The minimum atomic E-state index is -3.90. The Morgan fingerprint density at radius 2 is 1.80 bits per heavy atom. The Morgan fingerprint density at radius 3 is 2.48 bits per heavy atom. The van der Waals surface area contributed by atoms with Crippen LogP contribution >= 0.6 is 0 Å². The molecule has 0 fully saturated rings. The van der Waals surface area contributed by atoms with Crippen LogP contribution in [0.25, 0.3) is 0 Å². The van der Waals surface area contributed by atoms with E-state index in [1.165, 1.54) is 37.4 Å². The van der Waals surface area contributed by atoms with Crippen molar-refractivity contribution in [1.29, 1.82) is 0 Å². The lowest BCUT2D eigenvalue weighted by atomic mass is 10.3. The Morgan fingerprint density at radius 1 is 1.04 bits per heavy atom. The maximum atomic E-state index is 13.6. The number of hydrogen-bond acceptors (Lipinski definition) is 4. The van der Waals surface area contributed by atoms with Crippen LogP contribution in [0.2, 0.25) is 0 Å². The molecule has 0 amide bonds. The normalized spacial score (nSPS) is 10.7. The molecule has 0 unspecified atom stereocenters. The molecule has 1 N–H and O–H groups in total. The largest absolute Gasteiger partial charge is 0.494 e. The predicted octanol–water partition coefficient (Wildman–Crippen LogP) is 2.33. The summed E-state index contributed by atoms with van der Waals surface area (Å²) in [5.41, 5.74) is 0. The number of methoxy groups -OCH3 is 1. The average Bonchev–Trinajstić information content (AvgIpc) is 2.59. The molecule has 0 saturated carbocycles. The van der Waals surface area contributed by atoms with Gasteiger partial charge < -0.3 is 9.47 Å². The zero-order valence-corrected chi connectivity index (χ0v) is 14.1. The van der Waals surface area contributed by atoms with Gasteiger partial charge in [-0.3, -0.25) is 0 Å². The summed E-state index contributed by atoms with van der Waals surface area (Å²) >= 11 is 0. The molecule has 8 heteroatoms. The monoisotopic (exact) mass is 367 g/mol. The van der Waals surface area contributed by atoms with Crippen LogP contribution in [0.5, 0.6) is 11.5 Å². The minimum absolute atomic E-state index is 0.0518. The first-order valence-corrected chi connectivity index (χ1v) is 8.58. The van der Waals surface area contributed by atoms with E-state index in [0.717, 1.165) is 6.07 Å². The van der Waals surface area contributed by atoms with Gasteiger partial charge in [0.05, 0.1) is 18.6 Å². The molecule has 0 bridgehead atoms. The zero-order valence-electron chi connectivity index (χ0n) is 13.3. The Hall–Kier alpha value is -2.63. The van der Waals surface area contributed by atoms with Crippen LogP contribution in [-0.2, 0) is 10.0 Å². The summed E-state index contributed by atoms with van der Waals surface area (Å²) in [4.78, 5) is -0.241. The van der Waals surface area contributed by atoms with E-state index in [1.54, 1.807) is 6.07 Å². The van der Waals surface area contributed by atoms with E-state index in [9.17, 15) is 17.2 Å². The van der Waals surface area contributed by atoms with Crippen LogP contribution in [-0.4, -0.2) is 28.7 Å². The first-order valence-electron chi connectivity index (χ1n) is 7.10. The van der Waals surface area contributed by atoms with E-state index >= 15 is 0 Å². The highest BCUT2D eigenvalue weighted by Gasteiger charge is 2.15. The van der Waals surface area contributed by atoms with E-state index in [1.807, 2.05) is 0 Å². The number of para-hydroxylation sites is 1. The van der Waals surface area contributed by atoms with Crippen molar-refractivity contribution in [2.45, 2.75) is 4.90 Å². The lowest BCUT2D eigenvalue weighted by molar-refractivity contribution is 0.348. The molecule has 0 aliphatic rings. The summed E-state index contributed by atoms with van der Waals surface area (Å²) in [6, 6.07) is 9.16. The molecular weight excluding hydrogens is 352 g/mol. The van der Waals surface area contributed by atoms with E-state index in [0.29, 0.717) is 0 Å². The van der Waals surface area contributed by atoms with Crippen molar-refractivity contribution in [3.63, 3.8) is 0 Å². The molecule has 2 rings (SSSR count). The maximum absolute atomic E-state index is 13.6. The van der Waals surface area contributed by atoms with Gasteiger partial charge in [-0.25, -0.2) is 17.2 Å². The quantitative estimate of drug-likeness (QED) is 0.796. The van der Waals surface area contributed by atoms with Gasteiger partial charge in [0.1, 0.15) is 6.61 Å². The van der Waals surface area contributed by atoms with Crippen molar-refractivity contribution in [2.75, 3.05) is 20.3 Å². The fourth-order valence-electron chi connectivity index (χ4n) is 1.82. The highest BCUT2D eigenvalue weighted by molar-refractivity contribution is 7.89. The number of benzene rings is 2. The van der Waals surface area contributed by atoms with Gasteiger partial charge in [-0.05, 0) is 30.3 Å². The first-order chi connectivity index (χ1) is 11.9. The van der Waals surface area contributed by atoms with Crippen LogP contribution in [0, 0.1) is 23.5 Å². The van der Waals surface area contributed by atoms with E-state index < -0.39 is 21.7 Å². The van der Waals surface area contributed by atoms with Gasteiger partial charge >= 0.3 is 0 Å². The molecule has 2 aromatic rings. The standard InChI is InChI=1S/C17H15F2NO4S/c1-23-16-9-8-13(12-15(16)19)25(21,22)20-10-4-5-11-24-17-7-3-2-6-14(17)18/h2-3,6-9,12,20H,10-11H2,1H3. The summed E-state index contributed by atoms with van der Waals surface area (Å²) in [7, 11) is -2.62. The highest BCUT2D eigenvalue weighted by atomic mass is 32.2. The van der Waals surface area contributed by atoms with Crippen molar-refractivity contribution >= 4 is 10.0 Å². The summed E-state index contributed by atoms with van der Waals surface area (Å²) in [5.74, 6) is 3.81. The second kappa shape index (κ2) is 8.46. The second-order valence-electron chi connectivity index (χ2n) is 4.69.